The van der Waals surface area contributed by atoms with E-state index in [1.807, 2.05) is 16.7 Å². The molecule has 2 heterocycles. The maximum atomic E-state index is 12.3. The average molecular weight is 423 g/mol. The van der Waals surface area contributed by atoms with E-state index in [0.29, 0.717) is 29.6 Å². The van der Waals surface area contributed by atoms with Gasteiger partial charge in [-0.05, 0) is 29.8 Å². The molecule has 2 aromatic heterocycles. The highest BCUT2D eigenvalue weighted by atomic mass is 32.2. The highest BCUT2D eigenvalue weighted by Gasteiger charge is 2.15. The van der Waals surface area contributed by atoms with Crippen LogP contribution in [0.4, 0.5) is 0 Å². The standard InChI is InChI=1S/C21H21N5O3S/c1-3-12-26-19(16-8-10-22-11-9-16)24-25-21(26)30-14-18(27)23-13-15-4-6-17(7-5-15)20(28)29-2/h3-11H,1,12-14H2,2H3,(H,23,27). The van der Waals surface area contributed by atoms with Crippen molar-refractivity contribution in [3.8, 4) is 11.4 Å². The zero-order valence-electron chi connectivity index (χ0n) is 16.4. The van der Waals surface area contributed by atoms with Crippen molar-refractivity contribution in [3.05, 3.63) is 72.6 Å². The Balaban J connectivity index is 1.57. The van der Waals surface area contributed by atoms with Crippen LogP contribution in [0.2, 0.25) is 0 Å². The summed E-state index contributed by atoms with van der Waals surface area (Å²) in [5, 5.41) is 12.0. The zero-order chi connectivity index (χ0) is 21.3. The lowest BCUT2D eigenvalue weighted by molar-refractivity contribution is -0.118. The number of carbonyl (C=O) groups excluding carboxylic acids is 2. The van der Waals surface area contributed by atoms with Crippen molar-refractivity contribution in [2.45, 2.75) is 18.2 Å². The van der Waals surface area contributed by atoms with Crippen LogP contribution in [0.5, 0.6) is 0 Å². The molecule has 0 saturated heterocycles. The minimum absolute atomic E-state index is 0.129. The molecule has 0 aliphatic rings. The van der Waals surface area contributed by atoms with Gasteiger partial charge in [-0.1, -0.05) is 30.0 Å². The van der Waals surface area contributed by atoms with Crippen LogP contribution in [-0.2, 0) is 22.6 Å². The molecule has 8 nitrogen and oxygen atoms in total. The third-order valence-corrected chi connectivity index (χ3v) is 5.13. The monoisotopic (exact) mass is 423 g/mol. The number of amides is 1. The number of aromatic nitrogens is 4. The molecule has 0 radical (unpaired) electrons. The second kappa shape index (κ2) is 10.4. The van der Waals surface area contributed by atoms with Gasteiger partial charge >= 0.3 is 5.97 Å². The van der Waals surface area contributed by atoms with Crippen LogP contribution in [0.15, 0.2) is 66.6 Å². The fourth-order valence-corrected chi connectivity index (χ4v) is 3.44. The third-order valence-electron chi connectivity index (χ3n) is 4.16. The maximum absolute atomic E-state index is 12.3. The minimum Gasteiger partial charge on any atom is -0.465 e. The summed E-state index contributed by atoms with van der Waals surface area (Å²) in [5.41, 5.74) is 2.25. The first-order valence-electron chi connectivity index (χ1n) is 9.13. The van der Waals surface area contributed by atoms with Gasteiger partial charge in [0.1, 0.15) is 0 Å². The quantitative estimate of drug-likeness (QED) is 0.321. The van der Waals surface area contributed by atoms with Gasteiger partial charge in [0, 0.05) is 31.0 Å². The zero-order valence-corrected chi connectivity index (χ0v) is 17.3. The summed E-state index contributed by atoms with van der Waals surface area (Å²) in [4.78, 5) is 27.7. The molecular formula is C21H21N5O3S. The number of nitrogens with zero attached hydrogens (tertiary/aromatic N) is 4. The Bertz CT molecular complexity index is 1020. The molecule has 0 aliphatic heterocycles. The SMILES string of the molecule is C=CCn1c(SCC(=O)NCc2ccc(C(=O)OC)cc2)nnc1-c1ccncc1. The Morgan fingerprint density at radius 2 is 1.90 bits per heavy atom. The molecule has 3 rings (SSSR count). The fraction of sp³-hybridized carbons (Fsp3) is 0.190. The van der Waals surface area contributed by atoms with E-state index >= 15 is 0 Å². The number of nitrogens with one attached hydrogen (secondary N) is 1. The summed E-state index contributed by atoms with van der Waals surface area (Å²) in [5.74, 6) is 0.379. The molecule has 0 atom stereocenters. The molecule has 0 saturated carbocycles. The lowest BCUT2D eigenvalue weighted by Crippen LogP contribution is -2.24. The number of hydrogen-bond acceptors (Lipinski definition) is 7. The van der Waals surface area contributed by atoms with Crippen molar-refractivity contribution in [3.63, 3.8) is 0 Å². The van der Waals surface area contributed by atoms with E-state index in [2.05, 4.69) is 31.8 Å². The van der Waals surface area contributed by atoms with E-state index in [9.17, 15) is 9.59 Å². The first-order chi connectivity index (χ1) is 14.6. The Kier molecular flexibility index (Phi) is 7.34. The van der Waals surface area contributed by atoms with Crippen LogP contribution in [0.3, 0.4) is 0 Å². The van der Waals surface area contributed by atoms with Gasteiger partial charge in [0.2, 0.25) is 5.91 Å². The number of benzene rings is 1. The van der Waals surface area contributed by atoms with Gasteiger partial charge in [-0.25, -0.2) is 4.79 Å². The number of rotatable bonds is 9. The number of esters is 1. The number of allylic oxidation sites excluding steroid dienone is 1. The molecule has 3 aromatic rings. The van der Waals surface area contributed by atoms with E-state index in [0.717, 1.165) is 11.1 Å². The van der Waals surface area contributed by atoms with Crippen molar-refractivity contribution in [2.75, 3.05) is 12.9 Å². The van der Waals surface area contributed by atoms with Gasteiger partial charge in [-0.15, -0.1) is 16.8 Å². The van der Waals surface area contributed by atoms with Crippen LogP contribution in [-0.4, -0.2) is 44.5 Å². The largest absolute Gasteiger partial charge is 0.465 e. The van der Waals surface area contributed by atoms with Crippen molar-refractivity contribution >= 4 is 23.6 Å². The molecule has 1 N–H and O–H groups in total. The van der Waals surface area contributed by atoms with Gasteiger partial charge in [0.05, 0.1) is 18.4 Å². The van der Waals surface area contributed by atoms with E-state index < -0.39 is 5.97 Å². The highest BCUT2D eigenvalue weighted by molar-refractivity contribution is 7.99. The van der Waals surface area contributed by atoms with Crippen LogP contribution in [0, 0.1) is 0 Å². The third kappa shape index (κ3) is 5.32. The van der Waals surface area contributed by atoms with Gasteiger partial charge in [-0.3, -0.25) is 14.3 Å². The van der Waals surface area contributed by atoms with E-state index in [1.165, 1.54) is 18.9 Å². The molecule has 0 aliphatic carbocycles. The molecule has 1 amide bonds. The molecule has 0 spiro atoms. The lowest BCUT2D eigenvalue weighted by atomic mass is 10.1. The molecule has 1 aromatic carbocycles. The fourth-order valence-electron chi connectivity index (χ4n) is 2.66. The minimum atomic E-state index is -0.392. The topological polar surface area (TPSA) is 99.0 Å². The number of thioether (sulfide) groups is 1. The number of ether oxygens (including phenoxy) is 1. The van der Waals surface area contributed by atoms with Gasteiger partial charge < -0.3 is 10.1 Å². The molecule has 154 valence electrons. The van der Waals surface area contributed by atoms with Crippen molar-refractivity contribution < 1.29 is 14.3 Å². The van der Waals surface area contributed by atoms with Crippen molar-refractivity contribution in [2.24, 2.45) is 0 Å². The second-order valence-corrected chi connectivity index (χ2v) is 7.14. The molecular weight excluding hydrogens is 402 g/mol. The van der Waals surface area contributed by atoms with E-state index in [1.54, 1.807) is 42.7 Å². The van der Waals surface area contributed by atoms with E-state index in [-0.39, 0.29) is 11.7 Å². The predicted octanol–water partition coefficient (Wildman–Crippen LogP) is 2.72. The first-order valence-corrected chi connectivity index (χ1v) is 10.1. The van der Waals surface area contributed by atoms with Gasteiger partial charge in [0.15, 0.2) is 11.0 Å². The normalized spacial score (nSPS) is 10.4. The smallest absolute Gasteiger partial charge is 0.337 e. The summed E-state index contributed by atoms with van der Waals surface area (Å²) in [6, 6.07) is 10.6. The van der Waals surface area contributed by atoms with E-state index in [4.69, 9.17) is 0 Å². The Morgan fingerprint density at radius 1 is 1.17 bits per heavy atom. The van der Waals surface area contributed by atoms with Crippen LogP contribution >= 0.6 is 11.8 Å². The predicted molar refractivity (Wildman–Crippen MR) is 114 cm³/mol. The average Bonchev–Trinajstić information content (AvgIpc) is 3.19. The number of methoxy groups -OCH3 is 1. The lowest BCUT2D eigenvalue weighted by Gasteiger charge is -2.08. The van der Waals surface area contributed by atoms with Crippen LogP contribution in [0.25, 0.3) is 11.4 Å². The van der Waals surface area contributed by atoms with Gasteiger partial charge in [-0.2, -0.15) is 0 Å². The maximum Gasteiger partial charge on any atom is 0.337 e. The van der Waals surface area contributed by atoms with Crippen molar-refractivity contribution in [1.29, 1.82) is 0 Å². The van der Waals surface area contributed by atoms with Crippen LogP contribution in [0.1, 0.15) is 15.9 Å². The van der Waals surface area contributed by atoms with Gasteiger partial charge in [0.25, 0.3) is 0 Å². The number of hydrogen-bond donors (Lipinski definition) is 1. The Hall–Kier alpha value is -3.46. The number of pyridine rings is 1. The second-order valence-electron chi connectivity index (χ2n) is 6.20. The summed E-state index contributed by atoms with van der Waals surface area (Å²) in [6.45, 7) is 4.68. The first kappa shape index (κ1) is 21.3. The summed E-state index contributed by atoms with van der Waals surface area (Å²) in [6.07, 6.45) is 5.15. The molecule has 0 fully saturated rings. The number of carbonyl (C=O) groups is 2. The molecule has 0 bridgehead atoms. The molecule has 0 unspecified atom stereocenters. The molecule has 30 heavy (non-hydrogen) atoms. The summed E-state index contributed by atoms with van der Waals surface area (Å²) < 4.78 is 6.58. The summed E-state index contributed by atoms with van der Waals surface area (Å²) >= 11 is 1.31. The Labute approximate surface area is 178 Å². The van der Waals surface area contributed by atoms with Crippen molar-refractivity contribution in [1.82, 2.24) is 25.1 Å². The highest BCUT2D eigenvalue weighted by Crippen LogP contribution is 2.23. The summed E-state index contributed by atoms with van der Waals surface area (Å²) in [7, 11) is 1.34. The molecule has 9 heteroatoms. The van der Waals surface area contributed by atoms with Crippen LogP contribution < -0.4 is 5.32 Å². The Morgan fingerprint density at radius 3 is 2.57 bits per heavy atom.